The Labute approximate surface area is 132 Å². The van der Waals surface area contributed by atoms with E-state index in [9.17, 15) is 4.79 Å². The third kappa shape index (κ3) is 2.70. The zero-order chi connectivity index (χ0) is 15.2. The number of halogens is 1. The second-order valence-electron chi connectivity index (χ2n) is 6.16. The van der Waals surface area contributed by atoms with E-state index in [4.69, 9.17) is 4.74 Å². The monoisotopic (exact) mass is 347 g/mol. The molecule has 1 aliphatic rings. The van der Waals surface area contributed by atoms with Gasteiger partial charge in [0.15, 0.2) is 0 Å². The third-order valence-electron chi connectivity index (χ3n) is 3.88. The van der Waals surface area contributed by atoms with Gasteiger partial charge in [-0.3, -0.25) is 4.79 Å². The second-order valence-corrected chi connectivity index (χ2v) is 7.07. The average Bonchev–Trinajstić information content (AvgIpc) is 2.41. The summed E-state index contributed by atoms with van der Waals surface area (Å²) in [6, 6.07) is 9.96. The van der Waals surface area contributed by atoms with Crippen molar-refractivity contribution in [1.29, 1.82) is 0 Å². The number of aromatic nitrogens is 1. The van der Waals surface area contributed by atoms with Crippen LogP contribution >= 0.6 is 15.9 Å². The van der Waals surface area contributed by atoms with E-state index >= 15 is 0 Å². The molecule has 0 aliphatic carbocycles. The molecule has 0 saturated heterocycles. The van der Waals surface area contributed by atoms with Crippen LogP contribution < -0.4 is 5.56 Å². The maximum Gasteiger partial charge on any atom is 0.256 e. The van der Waals surface area contributed by atoms with E-state index in [-0.39, 0.29) is 17.3 Å². The van der Waals surface area contributed by atoms with Gasteiger partial charge in [-0.25, -0.2) is 0 Å². The van der Waals surface area contributed by atoms with Crippen LogP contribution in [-0.4, -0.2) is 10.2 Å². The number of fused-ring (bicyclic) bond motifs is 1. The molecule has 1 unspecified atom stereocenters. The Kier molecular flexibility index (Phi) is 3.54. The van der Waals surface area contributed by atoms with E-state index in [0.717, 1.165) is 16.5 Å². The molecule has 3 rings (SSSR count). The van der Waals surface area contributed by atoms with Crippen molar-refractivity contribution >= 4 is 15.9 Å². The van der Waals surface area contributed by atoms with Gasteiger partial charge in [0.1, 0.15) is 6.10 Å². The van der Waals surface area contributed by atoms with Crippen LogP contribution in [0.5, 0.6) is 0 Å². The molecule has 4 heteroatoms. The first-order chi connectivity index (χ1) is 9.87. The number of rotatable bonds is 1. The van der Waals surface area contributed by atoms with Gasteiger partial charge in [0, 0.05) is 24.1 Å². The summed E-state index contributed by atoms with van der Waals surface area (Å²) in [5.41, 5.74) is 2.71. The van der Waals surface area contributed by atoms with Gasteiger partial charge in [-0.1, -0.05) is 22.0 Å². The molecule has 0 N–H and O–H groups in total. The minimum Gasteiger partial charge on any atom is -0.362 e. The minimum atomic E-state index is -0.318. The lowest BCUT2D eigenvalue weighted by molar-refractivity contribution is -0.0675. The first kappa shape index (κ1) is 14.5. The SMILES string of the molecule is Cn1cccc(C2OC(C)(C)Cc3ccc(Br)cc32)c1=O. The zero-order valence-corrected chi connectivity index (χ0v) is 14.0. The molecule has 3 nitrogen and oxygen atoms in total. The lowest BCUT2D eigenvalue weighted by Crippen LogP contribution is -2.37. The molecule has 110 valence electrons. The number of aryl methyl sites for hydroxylation is 1. The largest absolute Gasteiger partial charge is 0.362 e. The fourth-order valence-electron chi connectivity index (χ4n) is 2.90. The molecule has 0 bridgehead atoms. The van der Waals surface area contributed by atoms with Gasteiger partial charge in [0.05, 0.1) is 11.2 Å². The predicted octanol–water partition coefficient (Wildman–Crippen LogP) is 3.59. The predicted molar refractivity (Wildman–Crippen MR) is 86.5 cm³/mol. The van der Waals surface area contributed by atoms with Crippen LogP contribution in [0.15, 0.2) is 45.8 Å². The van der Waals surface area contributed by atoms with Gasteiger partial charge in [-0.2, -0.15) is 0 Å². The van der Waals surface area contributed by atoms with Crippen molar-refractivity contribution in [3.05, 3.63) is 68.0 Å². The zero-order valence-electron chi connectivity index (χ0n) is 12.4. The first-order valence-electron chi connectivity index (χ1n) is 6.99. The Bertz CT molecular complexity index is 749. The van der Waals surface area contributed by atoms with E-state index in [1.807, 2.05) is 18.2 Å². The first-order valence-corrected chi connectivity index (χ1v) is 7.78. The Morgan fingerprint density at radius 1 is 1.29 bits per heavy atom. The van der Waals surface area contributed by atoms with Gasteiger partial charge in [-0.15, -0.1) is 0 Å². The maximum atomic E-state index is 12.4. The van der Waals surface area contributed by atoms with E-state index in [0.29, 0.717) is 5.56 Å². The van der Waals surface area contributed by atoms with E-state index in [2.05, 4.69) is 41.9 Å². The Balaban J connectivity index is 2.21. The average molecular weight is 348 g/mol. The number of hydrogen-bond donors (Lipinski definition) is 0. The standard InChI is InChI=1S/C17H18BrNO2/c1-17(2)10-11-6-7-12(18)9-14(11)15(21-17)13-5-4-8-19(3)16(13)20/h4-9,15H,10H2,1-3H3. The van der Waals surface area contributed by atoms with Crippen LogP contribution in [0.25, 0.3) is 0 Å². The molecule has 0 radical (unpaired) electrons. The number of hydrogen-bond acceptors (Lipinski definition) is 2. The number of benzene rings is 1. The summed E-state index contributed by atoms with van der Waals surface area (Å²) in [5.74, 6) is 0. The maximum absolute atomic E-state index is 12.4. The fraction of sp³-hybridized carbons (Fsp3) is 0.353. The Hall–Kier alpha value is -1.39. The van der Waals surface area contributed by atoms with Crippen molar-refractivity contribution in [3.63, 3.8) is 0 Å². The highest BCUT2D eigenvalue weighted by molar-refractivity contribution is 9.10. The van der Waals surface area contributed by atoms with E-state index < -0.39 is 0 Å². The van der Waals surface area contributed by atoms with Crippen molar-refractivity contribution in [2.75, 3.05) is 0 Å². The van der Waals surface area contributed by atoms with Crippen molar-refractivity contribution in [3.8, 4) is 0 Å². The highest BCUT2D eigenvalue weighted by Crippen LogP contribution is 2.39. The molecule has 1 aromatic carbocycles. The molecule has 1 atom stereocenters. The quantitative estimate of drug-likeness (QED) is 0.789. The third-order valence-corrected chi connectivity index (χ3v) is 4.37. The van der Waals surface area contributed by atoms with Crippen LogP contribution in [0.1, 0.15) is 36.6 Å². The summed E-state index contributed by atoms with van der Waals surface area (Å²) in [6.07, 6.45) is 2.29. The second kappa shape index (κ2) is 5.11. The van der Waals surface area contributed by atoms with Crippen molar-refractivity contribution in [1.82, 2.24) is 4.57 Å². The van der Waals surface area contributed by atoms with Crippen LogP contribution in [-0.2, 0) is 18.2 Å². The summed E-state index contributed by atoms with van der Waals surface area (Å²) < 4.78 is 8.84. The van der Waals surface area contributed by atoms with E-state index in [1.54, 1.807) is 17.8 Å². The highest BCUT2D eigenvalue weighted by Gasteiger charge is 2.35. The minimum absolute atomic E-state index is 0.00822. The molecule has 2 heterocycles. The summed E-state index contributed by atoms with van der Waals surface area (Å²) in [7, 11) is 1.77. The molecule has 0 fully saturated rings. The lowest BCUT2D eigenvalue weighted by Gasteiger charge is -2.37. The molecule has 1 aliphatic heterocycles. The van der Waals surface area contributed by atoms with Crippen LogP contribution in [0.4, 0.5) is 0 Å². The smallest absolute Gasteiger partial charge is 0.256 e. The van der Waals surface area contributed by atoms with Crippen molar-refractivity contribution in [2.24, 2.45) is 7.05 Å². The van der Waals surface area contributed by atoms with Gasteiger partial charge in [0.2, 0.25) is 0 Å². The Morgan fingerprint density at radius 3 is 2.81 bits per heavy atom. The topological polar surface area (TPSA) is 31.2 Å². The van der Waals surface area contributed by atoms with Crippen molar-refractivity contribution in [2.45, 2.75) is 32.0 Å². The molecular formula is C17H18BrNO2. The van der Waals surface area contributed by atoms with Crippen LogP contribution in [0.2, 0.25) is 0 Å². The van der Waals surface area contributed by atoms with Gasteiger partial charge >= 0.3 is 0 Å². The molecule has 21 heavy (non-hydrogen) atoms. The molecule has 0 amide bonds. The van der Waals surface area contributed by atoms with E-state index in [1.165, 1.54) is 5.56 Å². The summed E-state index contributed by atoms with van der Waals surface area (Å²) in [4.78, 5) is 12.4. The molecule has 1 aromatic heterocycles. The number of nitrogens with zero attached hydrogens (tertiary/aromatic N) is 1. The fourth-order valence-corrected chi connectivity index (χ4v) is 3.28. The highest BCUT2D eigenvalue weighted by atomic mass is 79.9. The summed E-state index contributed by atoms with van der Waals surface area (Å²) in [6.45, 7) is 4.14. The summed E-state index contributed by atoms with van der Waals surface area (Å²) >= 11 is 3.51. The molecular weight excluding hydrogens is 330 g/mol. The Morgan fingerprint density at radius 2 is 2.05 bits per heavy atom. The molecule has 0 saturated carbocycles. The normalized spacial score (nSPS) is 20.1. The summed E-state index contributed by atoms with van der Waals surface area (Å²) in [5, 5.41) is 0. The number of ether oxygens (including phenoxy) is 1. The van der Waals surface area contributed by atoms with Gasteiger partial charge in [-0.05, 0) is 49.2 Å². The molecule has 2 aromatic rings. The van der Waals surface area contributed by atoms with Gasteiger partial charge < -0.3 is 9.30 Å². The van der Waals surface area contributed by atoms with Gasteiger partial charge in [0.25, 0.3) is 5.56 Å². The van der Waals surface area contributed by atoms with Crippen LogP contribution in [0.3, 0.4) is 0 Å². The number of pyridine rings is 1. The van der Waals surface area contributed by atoms with Crippen LogP contribution in [0, 0.1) is 0 Å². The van der Waals surface area contributed by atoms with Crippen molar-refractivity contribution < 1.29 is 4.74 Å². The lowest BCUT2D eigenvalue weighted by atomic mass is 9.86. The molecule has 0 spiro atoms.